The van der Waals surface area contributed by atoms with Crippen molar-refractivity contribution in [2.45, 2.75) is 32.3 Å². The van der Waals surface area contributed by atoms with E-state index in [1.54, 1.807) is 6.20 Å². The summed E-state index contributed by atoms with van der Waals surface area (Å²) in [6.07, 6.45) is 7.31. The van der Waals surface area contributed by atoms with Crippen LogP contribution in [0.25, 0.3) is 0 Å². The summed E-state index contributed by atoms with van der Waals surface area (Å²) in [5.74, 6) is 0.892. The topological polar surface area (TPSA) is 39.2 Å². The van der Waals surface area contributed by atoms with Gasteiger partial charge in [-0.15, -0.1) is 11.3 Å². The van der Waals surface area contributed by atoms with Gasteiger partial charge in [-0.2, -0.15) is 0 Å². The molecular weight excluding hydrogens is 258 g/mol. The third-order valence-electron chi connectivity index (χ3n) is 3.37. The molecule has 1 aromatic heterocycles. The van der Waals surface area contributed by atoms with Gasteiger partial charge in [-0.25, -0.2) is 4.98 Å². The minimum absolute atomic E-state index is 0.428. The number of carbonyl (C=O) groups is 1. The quantitative estimate of drug-likeness (QED) is 0.801. The lowest BCUT2D eigenvalue weighted by molar-refractivity contribution is 0.112. The summed E-state index contributed by atoms with van der Waals surface area (Å²) in [5.41, 5.74) is 2.87. The molecule has 0 amide bonds. The fourth-order valence-corrected chi connectivity index (χ4v) is 3.04. The van der Waals surface area contributed by atoms with E-state index in [0.29, 0.717) is 11.5 Å². The van der Waals surface area contributed by atoms with Crippen molar-refractivity contribution in [3.05, 3.63) is 45.4 Å². The Hall–Kier alpha value is -1.68. The zero-order valence-corrected chi connectivity index (χ0v) is 11.4. The molecule has 98 valence electrons. The van der Waals surface area contributed by atoms with Crippen molar-refractivity contribution < 1.29 is 9.53 Å². The van der Waals surface area contributed by atoms with Crippen molar-refractivity contribution in [3.63, 3.8) is 0 Å². The molecule has 0 bridgehead atoms. The van der Waals surface area contributed by atoms with Crippen molar-refractivity contribution in [1.82, 2.24) is 4.98 Å². The zero-order chi connectivity index (χ0) is 13.1. The molecule has 1 aliphatic carbocycles. The molecule has 0 spiro atoms. The Morgan fingerprint density at radius 1 is 1.26 bits per heavy atom. The molecule has 3 nitrogen and oxygen atoms in total. The van der Waals surface area contributed by atoms with Gasteiger partial charge in [0, 0.05) is 6.20 Å². The van der Waals surface area contributed by atoms with Crippen LogP contribution in [0.15, 0.2) is 24.4 Å². The summed E-state index contributed by atoms with van der Waals surface area (Å²) >= 11 is 1.38. The maximum Gasteiger partial charge on any atom is 0.161 e. The number of aryl methyl sites for hydroxylation is 2. The Kier molecular flexibility index (Phi) is 3.60. The van der Waals surface area contributed by atoms with E-state index in [9.17, 15) is 4.79 Å². The SMILES string of the molecule is O=Cc1cnc(COc2ccc3c(c2)CCCC3)s1. The number of hydrogen-bond donors (Lipinski definition) is 0. The van der Waals surface area contributed by atoms with Crippen LogP contribution in [0, 0.1) is 0 Å². The highest BCUT2D eigenvalue weighted by Crippen LogP contribution is 2.26. The number of aldehydes is 1. The van der Waals surface area contributed by atoms with Crippen LogP contribution in [0.1, 0.15) is 38.6 Å². The highest BCUT2D eigenvalue weighted by molar-refractivity contribution is 7.13. The summed E-state index contributed by atoms with van der Waals surface area (Å²) in [7, 11) is 0. The minimum Gasteiger partial charge on any atom is -0.486 e. The molecular formula is C15H15NO2S. The molecule has 0 aliphatic heterocycles. The first-order valence-corrected chi connectivity index (χ1v) is 7.31. The zero-order valence-electron chi connectivity index (χ0n) is 10.6. The Morgan fingerprint density at radius 2 is 2.11 bits per heavy atom. The summed E-state index contributed by atoms with van der Waals surface area (Å²) in [6, 6.07) is 6.34. The first-order chi connectivity index (χ1) is 9.35. The van der Waals surface area contributed by atoms with E-state index >= 15 is 0 Å². The number of fused-ring (bicyclic) bond motifs is 1. The van der Waals surface area contributed by atoms with Gasteiger partial charge in [0.25, 0.3) is 0 Å². The Bertz CT molecular complexity index is 592. The summed E-state index contributed by atoms with van der Waals surface area (Å²) < 4.78 is 5.75. The van der Waals surface area contributed by atoms with Gasteiger partial charge in [0.05, 0.1) is 4.88 Å². The second-order valence-corrected chi connectivity index (χ2v) is 5.85. The molecule has 0 saturated heterocycles. The normalized spacial score (nSPS) is 13.9. The molecule has 0 fully saturated rings. The lowest BCUT2D eigenvalue weighted by atomic mass is 9.92. The fraction of sp³-hybridized carbons (Fsp3) is 0.333. The van der Waals surface area contributed by atoms with Crippen LogP contribution in [-0.2, 0) is 19.4 Å². The number of hydrogen-bond acceptors (Lipinski definition) is 4. The van der Waals surface area contributed by atoms with Crippen LogP contribution >= 0.6 is 11.3 Å². The smallest absolute Gasteiger partial charge is 0.161 e. The van der Waals surface area contributed by atoms with Crippen molar-refractivity contribution in [2.75, 3.05) is 0 Å². The van der Waals surface area contributed by atoms with Crippen LogP contribution in [-0.4, -0.2) is 11.3 Å². The van der Waals surface area contributed by atoms with Gasteiger partial charge in [0.1, 0.15) is 17.4 Å². The minimum atomic E-state index is 0.428. The van der Waals surface area contributed by atoms with E-state index < -0.39 is 0 Å². The average molecular weight is 273 g/mol. The van der Waals surface area contributed by atoms with E-state index in [-0.39, 0.29) is 0 Å². The summed E-state index contributed by atoms with van der Waals surface area (Å²) in [6.45, 7) is 0.428. The molecule has 1 heterocycles. The molecule has 4 heteroatoms. The number of ether oxygens (including phenoxy) is 1. The highest BCUT2D eigenvalue weighted by Gasteiger charge is 2.10. The lowest BCUT2D eigenvalue weighted by Gasteiger charge is -2.16. The predicted octanol–water partition coefficient (Wildman–Crippen LogP) is 3.41. The summed E-state index contributed by atoms with van der Waals surface area (Å²) in [5, 5.41) is 0.833. The highest BCUT2D eigenvalue weighted by atomic mass is 32.1. The van der Waals surface area contributed by atoms with Crippen LogP contribution in [0.4, 0.5) is 0 Å². The largest absolute Gasteiger partial charge is 0.486 e. The Morgan fingerprint density at radius 3 is 2.89 bits per heavy atom. The van der Waals surface area contributed by atoms with Gasteiger partial charge in [-0.05, 0) is 48.9 Å². The number of aromatic nitrogens is 1. The fourth-order valence-electron chi connectivity index (χ4n) is 2.39. The number of rotatable bonds is 4. The molecule has 1 aliphatic rings. The second kappa shape index (κ2) is 5.53. The molecule has 0 saturated carbocycles. The first-order valence-electron chi connectivity index (χ1n) is 6.49. The van der Waals surface area contributed by atoms with Crippen molar-refractivity contribution in [2.24, 2.45) is 0 Å². The van der Waals surface area contributed by atoms with Gasteiger partial charge in [0.15, 0.2) is 6.29 Å². The van der Waals surface area contributed by atoms with Crippen LogP contribution in [0.2, 0.25) is 0 Å². The van der Waals surface area contributed by atoms with Crippen LogP contribution < -0.4 is 4.74 Å². The van der Waals surface area contributed by atoms with E-state index in [2.05, 4.69) is 17.1 Å². The molecule has 0 unspecified atom stereocenters. The van der Waals surface area contributed by atoms with Crippen LogP contribution in [0.5, 0.6) is 5.75 Å². The number of nitrogens with zero attached hydrogens (tertiary/aromatic N) is 1. The maximum atomic E-state index is 10.6. The van der Waals surface area contributed by atoms with Crippen molar-refractivity contribution in [3.8, 4) is 5.75 Å². The average Bonchev–Trinajstić information content (AvgIpc) is 2.93. The Labute approximate surface area is 116 Å². The van der Waals surface area contributed by atoms with E-state index in [1.165, 1.54) is 41.7 Å². The number of carbonyl (C=O) groups excluding carboxylic acids is 1. The molecule has 0 N–H and O–H groups in total. The van der Waals surface area contributed by atoms with E-state index in [1.807, 2.05) is 6.07 Å². The molecule has 19 heavy (non-hydrogen) atoms. The third kappa shape index (κ3) is 2.84. The Balaban J connectivity index is 1.68. The number of benzene rings is 1. The lowest BCUT2D eigenvalue weighted by Crippen LogP contribution is -2.03. The van der Waals surface area contributed by atoms with Crippen LogP contribution in [0.3, 0.4) is 0 Å². The van der Waals surface area contributed by atoms with Gasteiger partial charge in [0.2, 0.25) is 0 Å². The third-order valence-corrected chi connectivity index (χ3v) is 4.27. The van der Waals surface area contributed by atoms with Gasteiger partial charge >= 0.3 is 0 Å². The summed E-state index contributed by atoms with van der Waals surface area (Å²) in [4.78, 5) is 15.4. The standard InChI is InChI=1S/C15H15NO2S/c17-9-14-8-16-15(19-14)10-18-13-6-5-11-3-1-2-4-12(11)7-13/h5-9H,1-4,10H2. The molecule has 0 atom stereocenters. The molecule has 2 aromatic rings. The maximum absolute atomic E-state index is 10.6. The molecule has 1 aromatic carbocycles. The van der Waals surface area contributed by atoms with E-state index in [0.717, 1.165) is 23.5 Å². The van der Waals surface area contributed by atoms with Crippen molar-refractivity contribution in [1.29, 1.82) is 0 Å². The number of thiazole rings is 1. The van der Waals surface area contributed by atoms with Crippen molar-refractivity contribution >= 4 is 17.6 Å². The van der Waals surface area contributed by atoms with Gasteiger partial charge in [-0.1, -0.05) is 6.07 Å². The van der Waals surface area contributed by atoms with Gasteiger partial charge < -0.3 is 4.74 Å². The van der Waals surface area contributed by atoms with Gasteiger partial charge in [-0.3, -0.25) is 4.79 Å². The monoisotopic (exact) mass is 273 g/mol. The van der Waals surface area contributed by atoms with E-state index in [4.69, 9.17) is 4.74 Å². The molecule has 3 rings (SSSR count). The predicted molar refractivity (Wildman–Crippen MR) is 74.9 cm³/mol. The second-order valence-electron chi connectivity index (χ2n) is 4.70. The first kappa shape index (κ1) is 12.4. The molecule has 0 radical (unpaired) electrons.